The molecule has 0 rings (SSSR count). The van der Waals surface area contributed by atoms with Crippen molar-refractivity contribution in [2.24, 2.45) is 0 Å². The SMILES string of the molecule is CCCCCCCC/C=C\CCCCCCCC(=O)NCCOP(=O)(O)OCC(O)COC(=O)CCCC. The Balaban J connectivity index is 3.60. The number of ether oxygens (including phenoxy) is 1. The Morgan fingerprint density at radius 2 is 1.37 bits per heavy atom. The summed E-state index contributed by atoms with van der Waals surface area (Å²) in [5.74, 6) is -0.563. The smallest absolute Gasteiger partial charge is 0.463 e. The minimum atomic E-state index is -4.38. The van der Waals surface area contributed by atoms with Crippen LogP contribution in [0.2, 0.25) is 0 Å². The lowest BCUT2D eigenvalue weighted by Crippen LogP contribution is -2.27. The lowest BCUT2D eigenvalue weighted by Gasteiger charge is -2.15. The third kappa shape index (κ3) is 26.4. The molecule has 0 aromatic carbocycles. The number of esters is 1. The minimum absolute atomic E-state index is 0.0788. The number of hydrogen-bond acceptors (Lipinski definition) is 7. The summed E-state index contributed by atoms with van der Waals surface area (Å²) in [5, 5.41) is 12.4. The van der Waals surface area contributed by atoms with E-state index in [0.29, 0.717) is 12.8 Å². The first-order valence-corrected chi connectivity index (χ1v) is 16.2. The molecule has 0 saturated heterocycles. The van der Waals surface area contributed by atoms with Gasteiger partial charge in [0.1, 0.15) is 12.7 Å². The van der Waals surface area contributed by atoms with Gasteiger partial charge in [0.15, 0.2) is 0 Å². The zero-order chi connectivity index (χ0) is 28.3. The van der Waals surface area contributed by atoms with Gasteiger partial charge >= 0.3 is 13.8 Å². The van der Waals surface area contributed by atoms with Gasteiger partial charge in [-0.1, -0.05) is 83.8 Å². The topological polar surface area (TPSA) is 131 Å². The first-order chi connectivity index (χ1) is 18.3. The molecule has 2 atom stereocenters. The van der Waals surface area contributed by atoms with E-state index in [1.165, 1.54) is 57.8 Å². The molecule has 0 fully saturated rings. The summed E-state index contributed by atoms with van der Waals surface area (Å²) in [6, 6.07) is 0. The maximum Gasteiger partial charge on any atom is 0.472 e. The van der Waals surface area contributed by atoms with Crippen LogP contribution in [0.4, 0.5) is 0 Å². The van der Waals surface area contributed by atoms with Crippen molar-refractivity contribution in [3.63, 3.8) is 0 Å². The van der Waals surface area contributed by atoms with Crippen molar-refractivity contribution in [2.45, 2.75) is 129 Å². The van der Waals surface area contributed by atoms with Crippen LogP contribution in [0.3, 0.4) is 0 Å². The van der Waals surface area contributed by atoms with E-state index in [2.05, 4.69) is 24.4 Å². The summed E-state index contributed by atoms with van der Waals surface area (Å²) >= 11 is 0. The van der Waals surface area contributed by atoms with Crippen LogP contribution in [0.15, 0.2) is 12.2 Å². The molecule has 0 aliphatic carbocycles. The van der Waals surface area contributed by atoms with Crippen LogP contribution in [-0.2, 0) is 27.9 Å². The van der Waals surface area contributed by atoms with Gasteiger partial charge in [-0.2, -0.15) is 0 Å². The van der Waals surface area contributed by atoms with Crippen LogP contribution in [0.25, 0.3) is 0 Å². The summed E-state index contributed by atoms with van der Waals surface area (Å²) < 4.78 is 26.2. The van der Waals surface area contributed by atoms with Gasteiger partial charge in [-0.25, -0.2) is 4.57 Å². The average molecular weight is 564 g/mol. The van der Waals surface area contributed by atoms with E-state index in [-0.39, 0.29) is 32.1 Å². The summed E-state index contributed by atoms with van der Waals surface area (Å²) in [7, 11) is -4.38. The molecule has 0 aliphatic rings. The van der Waals surface area contributed by atoms with Gasteiger partial charge in [-0.05, 0) is 38.5 Å². The molecule has 1 amide bonds. The molecule has 0 aromatic heterocycles. The van der Waals surface area contributed by atoms with Crippen LogP contribution in [0.5, 0.6) is 0 Å². The van der Waals surface area contributed by atoms with Crippen LogP contribution in [0, 0.1) is 0 Å². The third-order valence-electron chi connectivity index (χ3n) is 5.95. The molecule has 0 bridgehead atoms. The number of hydrogen-bond donors (Lipinski definition) is 3. The fourth-order valence-corrected chi connectivity index (χ4v) is 4.40. The number of carbonyl (C=O) groups is 2. The first-order valence-electron chi connectivity index (χ1n) is 14.7. The highest BCUT2D eigenvalue weighted by molar-refractivity contribution is 7.47. The first kappa shape index (κ1) is 36.8. The molecule has 0 heterocycles. The number of allylic oxidation sites excluding steroid dienone is 2. The van der Waals surface area contributed by atoms with Crippen LogP contribution in [0.1, 0.15) is 123 Å². The fraction of sp³-hybridized carbons (Fsp3) is 0.857. The third-order valence-corrected chi connectivity index (χ3v) is 6.93. The Morgan fingerprint density at radius 3 is 2.00 bits per heavy atom. The number of amides is 1. The predicted molar refractivity (Wildman–Crippen MR) is 151 cm³/mol. The standard InChI is InChI=1S/C28H54NO8P/c1-3-5-7-8-9-10-11-12-13-14-15-16-17-18-19-20-27(31)29-22-23-36-38(33,34)37-25-26(30)24-35-28(32)21-6-4-2/h12-13,26,30H,3-11,14-25H2,1-2H3,(H,29,31)(H,33,34)/b13-12-. The van der Waals surface area contributed by atoms with Crippen molar-refractivity contribution >= 4 is 19.7 Å². The average Bonchev–Trinajstić information content (AvgIpc) is 2.89. The molecule has 0 radical (unpaired) electrons. The number of unbranched alkanes of at least 4 members (excludes halogenated alkanes) is 12. The molecule has 3 N–H and O–H groups in total. The largest absolute Gasteiger partial charge is 0.472 e. The van der Waals surface area contributed by atoms with Crippen molar-refractivity contribution in [3.8, 4) is 0 Å². The Hall–Kier alpha value is -1.25. The monoisotopic (exact) mass is 563 g/mol. The predicted octanol–water partition coefficient (Wildman–Crippen LogP) is 6.37. The Bertz CT molecular complexity index is 659. The normalized spacial score (nSPS) is 13.9. The second-order valence-corrected chi connectivity index (χ2v) is 11.2. The second kappa shape index (κ2) is 26.0. The van der Waals surface area contributed by atoms with Gasteiger partial charge in [-0.15, -0.1) is 0 Å². The van der Waals surface area contributed by atoms with Gasteiger partial charge in [0.05, 0.1) is 13.2 Å². The Labute approximate surface area is 230 Å². The summed E-state index contributed by atoms with van der Waals surface area (Å²) in [6.45, 7) is 3.22. The van der Waals surface area contributed by atoms with Gasteiger partial charge in [-0.3, -0.25) is 18.6 Å². The van der Waals surface area contributed by atoms with Crippen molar-refractivity contribution in [1.82, 2.24) is 5.32 Å². The molecule has 0 spiro atoms. The Morgan fingerprint density at radius 1 is 0.789 bits per heavy atom. The van der Waals surface area contributed by atoms with E-state index in [1.54, 1.807) is 0 Å². The number of aliphatic hydroxyl groups is 1. The maximum atomic E-state index is 11.9. The molecule has 0 aromatic rings. The highest BCUT2D eigenvalue weighted by Crippen LogP contribution is 2.42. The van der Waals surface area contributed by atoms with Crippen molar-refractivity contribution < 1.29 is 37.9 Å². The van der Waals surface area contributed by atoms with Crippen LogP contribution in [-0.4, -0.2) is 54.3 Å². The second-order valence-electron chi connectivity index (χ2n) is 9.72. The molecule has 38 heavy (non-hydrogen) atoms. The quantitative estimate of drug-likeness (QED) is 0.0455. The lowest BCUT2D eigenvalue weighted by atomic mass is 10.1. The number of carbonyl (C=O) groups excluding carboxylic acids is 2. The van der Waals surface area contributed by atoms with Crippen molar-refractivity contribution in [2.75, 3.05) is 26.4 Å². The summed E-state index contributed by atoms with van der Waals surface area (Å²) in [6.07, 6.45) is 21.2. The number of rotatable bonds is 27. The van der Waals surface area contributed by atoms with E-state index in [4.69, 9.17) is 13.8 Å². The van der Waals surface area contributed by atoms with E-state index in [9.17, 15) is 24.2 Å². The van der Waals surface area contributed by atoms with Crippen LogP contribution >= 0.6 is 7.82 Å². The van der Waals surface area contributed by atoms with Crippen LogP contribution < -0.4 is 5.32 Å². The van der Waals surface area contributed by atoms with E-state index >= 15 is 0 Å². The van der Waals surface area contributed by atoms with Gasteiger partial charge in [0.2, 0.25) is 5.91 Å². The van der Waals surface area contributed by atoms with Gasteiger partial charge in [0.25, 0.3) is 0 Å². The van der Waals surface area contributed by atoms with Crippen molar-refractivity contribution in [3.05, 3.63) is 12.2 Å². The lowest BCUT2D eigenvalue weighted by molar-refractivity contribution is -0.147. The van der Waals surface area contributed by atoms with E-state index < -0.39 is 26.5 Å². The molecule has 0 saturated carbocycles. The highest BCUT2D eigenvalue weighted by Gasteiger charge is 2.23. The van der Waals surface area contributed by atoms with Crippen molar-refractivity contribution in [1.29, 1.82) is 0 Å². The zero-order valence-electron chi connectivity index (χ0n) is 23.9. The molecule has 9 nitrogen and oxygen atoms in total. The zero-order valence-corrected chi connectivity index (χ0v) is 24.8. The van der Waals surface area contributed by atoms with Gasteiger partial charge < -0.3 is 20.1 Å². The number of nitrogens with one attached hydrogen (secondary N) is 1. The maximum absolute atomic E-state index is 11.9. The fourth-order valence-electron chi connectivity index (χ4n) is 3.64. The number of aliphatic hydroxyl groups excluding tert-OH is 1. The molecular weight excluding hydrogens is 509 g/mol. The molecule has 0 aliphatic heterocycles. The molecule has 224 valence electrons. The summed E-state index contributed by atoms with van der Waals surface area (Å²) in [5.41, 5.74) is 0. The number of phosphoric ester groups is 1. The molecule has 2 unspecified atom stereocenters. The number of phosphoric acid groups is 1. The van der Waals surface area contributed by atoms with Gasteiger partial charge in [0, 0.05) is 19.4 Å². The van der Waals surface area contributed by atoms with E-state index in [0.717, 1.165) is 32.1 Å². The van der Waals surface area contributed by atoms with E-state index in [1.807, 2.05) is 6.92 Å². The minimum Gasteiger partial charge on any atom is -0.463 e. The summed E-state index contributed by atoms with van der Waals surface area (Å²) in [4.78, 5) is 32.9. The Kier molecular flexibility index (Phi) is 25.1. The molecular formula is C28H54NO8P. The highest BCUT2D eigenvalue weighted by atomic mass is 31.2. The molecule has 10 heteroatoms.